The Balaban J connectivity index is 2.25. The predicted octanol–water partition coefficient (Wildman–Crippen LogP) is 3.50. The summed E-state index contributed by atoms with van der Waals surface area (Å²) in [6.07, 6.45) is 3.35. The molecular formula is C14H21NOS. The third-order valence-electron chi connectivity index (χ3n) is 3.95. The van der Waals surface area contributed by atoms with E-state index in [1.165, 1.54) is 17.7 Å². The average molecular weight is 251 g/mol. The third kappa shape index (κ3) is 2.31. The monoisotopic (exact) mass is 251 g/mol. The summed E-state index contributed by atoms with van der Waals surface area (Å²) < 4.78 is 0. The van der Waals surface area contributed by atoms with E-state index in [1.807, 2.05) is 12.1 Å². The number of nitrogens with zero attached hydrogens (tertiary/aromatic N) is 1. The molecule has 0 radical (unpaired) electrons. The highest BCUT2D eigenvalue weighted by Gasteiger charge is 2.39. The molecule has 0 bridgehead atoms. The number of Topliss-reactive ketones (excluding diaryl/α,β-unsaturated/α-hetero) is 1. The summed E-state index contributed by atoms with van der Waals surface area (Å²) in [6.45, 7) is 8.42. The number of rotatable bonds is 4. The van der Waals surface area contributed by atoms with Gasteiger partial charge in [0.25, 0.3) is 0 Å². The molecular weight excluding hydrogens is 230 g/mol. The number of carbonyl (C=O) groups excluding carboxylic acids is 1. The van der Waals surface area contributed by atoms with Gasteiger partial charge >= 0.3 is 0 Å². The number of hydrogen-bond acceptors (Lipinski definition) is 3. The lowest BCUT2D eigenvalue weighted by Gasteiger charge is -2.36. The summed E-state index contributed by atoms with van der Waals surface area (Å²) in [5.74, 6) is 0.306. The summed E-state index contributed by atoms with van der Waals surface area (Å²) in [7, 11) is 0. The molecule has 1 aliphatic heterocycles. The van der Waals surface area contributed by atoms with Crippen molar-refractivity contribution < 1.29 is 4.79 Å². The van der Waals surface area contributed by atoms with Crippen LogP contribution in [0.25, 0.3) is 0 Å². The summed E-state index contributed by atoms with van der Waals surface area (Å²) in [6, 6.07) is 4.02. The number of aryl methyl sites for hydroxylation is 1. The highest BCUT2D eigenvalue weighted by atomic mass is 32.1. The number of thiophene rings is 1. The van der Waals surface area contributed by atoms with Gasteiger partial charge in [-0.25, -0.2) is 0 Å². The van der Waals surface area contributed by atoms with Crippen LogP contribution in [0.4, 0.5) is 0 Å². The van der Waals surface area contributed by atoms with Gasteiger partial charge in [-0.1, -0.05) is 6.92 Å². The van der Waals surface area contributed by atoms with E-state index in [0.29, 0.717) is 5.78 Å². The highest BCUT2D eigenvalue weighted by molar-refractivity contribution is 7.14. The molecule has 17 heavy (non-hydrogen) atoms. The lowest BCUT2D eigenvalue weighted by molar-refractivity contribution is 0.0652. The predicted molar refractivity (Wildman–Crippen MR) is 72.9 cm³/mol. The van der Waals surface area contributed by atoms with Crippen LogP contribution in [-0.2, 0) is 0 Å². The zero-order valence-electron chi connectivity index (χ0n) is 11.0. The molecule has 0 saturated carbocycles. The second kappa shape index (κ2) is 4.91. The van der Waals surface area contributed by atoms with Crippen LogP contribution < -0.4 is 0 Å². The van der Waals surface area contributed by atoms with Crippen LogP contribution >= 0.6 is 11.3 Å². The van der Waals surface area contributed by atoms with E-state index < -0.39 is 0 Å². The van der Waals surface area contributed by atoms with Gasteiger partial charge in [0.15, 0.2) is 5.78 Å². The number of likely N-dealkylation sites (tertiary alicyclic amines) is 1. The minimum Gasteiger partial charge on any atom is -0.291 e. The van der Waals surface area contributed by atoms with Crippen molar-refractivity contribution >= 4 is 17.1 Å². The lowest BCUT2D eigenvalue weighted by Crippen LogP contribution is -2.50. The van der Waals surface area contributed by atoms with Crippen LogP contribution in [0.1, 0.15) is 47.7 Å². The maximum atomic E-state index is 12.7. The van der Waals surface area contributed by atoms with Crippen LogP contribution in [-0.4, -0.2) is 29.3 Å². The molecule has 1 aromatic rings. The van der Waals surface area contributed by atoms with Gasteiger partial charge in [0.2, 0.25) is 0 Å². The standard InChI is InChI=1S/C14H21NOS/c1-4-14(3,15-9-5-6-10-15)13(16)12-8-7-11(2)17-12/h7-8H,4-6,9-10H2,1-3H3. The van der Waals surface area contributed by atoms with Crippen LogP contribution in [0.3, 0.4) is 0 Å². The first-order valence-electron chi connectivity index (χ1n) is 6.44. The van der Waals surface area contributed by atoms with Gasteiger partial charge in [0.1, 0.15) is 0 Å². The van der Waals surface area contributed by atoms with E-state index in [1.54, 1.807) is 11.3 Å². The molecule has 2 heterocycles. The molecule has 94 valence electrons. The molecule has 2 nitrogen and oxygen atoms in total. The Morgan fingerprint density at radius 1 is 1.41 bits per heavy atom. The Labute approximate surface area is 108 Å². The number of ketones is 1. The first-order valence-corrected chi connectivity index (χ1v) is 7.26. The second-order valence-electron chi connectivity index (χ2n) is 5.06. The minimum absolute atomic E-state index is 0.298. The van der Waals surface area contributed by atoms with Gasteiger partial charge < -0.3 is 0 Å². The molecule has 0 aromatic carbocycles. The minimum atomic E-state index is -0.298. The fourth-order valence-corrected chi connectivity index (χ4v) is 3.49. The van der Waals surface area contributed by atoms with Gasteiger partial charge in [-0.15, -0.1) is 11.3 Å². The molecule has 0 N–H and O–H groups in total. The Bertz CT molecular complexity index is 406. The van der Waals surface area contributed by atoms with Crippen LogP contribution in [0.15, 0.2) is 12.1 Å². The fraction of sp³-hybridized carbons (Fsp3) is 0.643. The van der Waals surface area contributed by atoms with Crippen molar-refractivity contribution in [2.45, 2.75) is 45.6 Å². The normalized spacial score (nSPS) is 20.4. The van der Waals surface area contributed by atoms with Gasteiger partial charge in [-0.05, 0) is 58.3 Å². The van der Waals surface area contributed by atoms with E-state index in [-0.39, 0.29) is 5.54 Å². The van der Waals surface area contributed by atoms with Crippen molar-refractivity contribution in [1.29, 1.82) is 0 Å². The molecule has 1 saturated heterocycles. The Morgan fingerprint density at radius 3 is 2.53 bits per heavy atom. The van der Waals surface area contributed by atoms with E-state index in [4.69, 9.17) is 0 Å². The van der Waals surface area contributed by atoms with Crippen LogP contribution in [0, 0.1) is 6.92 Å². The average Bonchev–Trinajstić information content (AvgIpc) is 2.97. The molecule has 0 aliphatic carbocycles. The molecule has 1 atom stereocenters. The van der Waals surface area contributed by atoms with Gasteiger partial charge in [-0.3, -0.25) is 9.69 Å². The molecule has 2 rings (SSSR count). The molecule has 0 spiro atoms. The Morgan fingerprint density at radius 2 is 2.06 bits per heavy atom. The smallest absolute Gasteiger partial charge is 0.192 e. The molecule has 1 aliphatic rings. The summed E-state index contributed by atoms with van der Waals surface area (Å²) >= 11 is 1.62. The third-order valence-corrected chi connectivity index (χ3v) is 4.95. The van der Waals surface area contributed by atoms with Crippen LogP contribution in [0.2, 0.25) is 0 Å². The summed E-state index contributed by atoms with van der Waals surface area (Å²) in [5, 5.41) is 0. The highest BCUT2D eigenvalue weighted by Crippen LogP contribution is 2.30. The Hall–Kier alpha value is -0.670. The molecule has 0 amide bonds. The van der Waals surface area contributed by atoms with Gasteiger partial charge in [0.05, 0.1) is 10.4 Å². The second-order valence-corrected chi connectivity index (χ2v) is 6.35. The maximum absolute atomic E-state index is 12.7. The van der Waals surface area contributed by atoms with Crippen molar-refractivity contribution in [3.05, 3.63) is 21.9 Å². The van der Waals surface area contributed by atoms with Crippen molar-refractivity contribution in [3.8, 4) is 0 Å². The van der Waals surface area contributed by atoms with E-state index in [2.05, 4.69) is 25.7 Å². The largest absolute Gasteiger partial charge is 0.291 e. The first kappa shape index (κ1) is 12.8. The number of hydrogen-bond donors (Lipinski definition) is 0. The quantitative estimate of drug-likeness (QED) is 0.763. The Kier molecular flexibility index (Phi) is 3.69. The van der Waals surface area contributed by atoms with Crippen molar-refractivity contribution in [1.82, 2.24) is 4.90 Å². The van der Waals surface area contributed by atoms with Crippen molar-refractivity contribution in [3.63, 3.8) is 0 Å². The topological polar surface area (TPSA) is 20.3 Å². The van der Waals surface area contributed by atoms with Crippen molar-refractivity contribution in [2.75, 3.05) is 13.1 Å². The maximum Gasteiger partial charge on any atom is 0.192 e. The SMILES string of the molecule is CCC(C)(C(=O)c1ccc(C)s1)N1CCCC1. The van der Waals surface area contributed by atoms with Gasteiger partial charge in [-0.2, -0.15) is 0 Å². The zero-order chi connectivity index (χ0) is 12.5. The van der Waals surface area contributed by atoms with E-state index >= 15 is 0 Å². The zero-order valence-corrected chi connectivity index (χ0v) is 11.8. The lowest BCUT2D eigenvalue weighted by atomic mass is 9.90. The fourth-order valence-electron chi connectivity index (χ4n) is 2.56. The molecule has 1 aromatic heterocycles. The molecule has 1 unspecified atom stereocenters. The van der Waals surface area contributed by atoms with Crippen molar-refractivity contribution in [2.24, 2.45) is 0 Å². The summed E-state index contributed by atoms with van der Waals surface area (Å²) in [4.78, 5) is 17.2. The molecule has 3 heteroatoms. The van der Waals surface area contributed by atoms with E-state index in [9.17, 15) is 4.79 Å². The summed E-state index contributed by atoms with van der Waals surface area (Å²) in [5.41, 5.74) is -0.298. The first-order chi connectivity index (χ1) is 8.08. The van der Waals surface area contributed by atoms with Gasteiger partial charge in [0, 0.05) is 4.88 Å². The molecule has 1 fully saturated rings. The van der Waals surface area contributed by atoms with Crippen LogP contribution in [0.5, 0.6) is 0 Å². The number of carbonyl (C=O) groups is 1. The van der Waals surface area contributed by atoms with E-state index in [0.717, 1.165) is 24.4 Å².